The van der Waals surface area contributed by atoms with E-state index in [1.807, 2.05) is 0 Å². The second-order valence-electron chi connectivity index (χ2n) is 3.80. The molecule has 0 aromatic heterocycles. The molecule has 0 aromatic rings. The van der Waals surface area contributed by atoms with Crippen molar-refractivity contribution in [3.8, 4) is 0 Å². The number of rotatable bonds is 6. The van der Waals surface area contributed by atoms with Gasteiger partial charge >= 0.3 is 0 Å². The van der Waals surface area contributed by atoms with Crippen LogP contribution in [0.5, 0.6) is 0 Å². The molecule has 2 heteroatoms. The lowest BCUT2D eigenvalue weighted by atomic mass is 10.0. The van der Waals surface area contributed by atoms with E-state index in [1.165, 1.54) is 12.8 Å². The van der Waals surface area contributed by atoms with Gasteiger partial charge in [0, 0.05) is 18.7 Å². The Labute approximate surface area is 76.4 Å². The normalized spacial score (nSPS) is 18.8. The van der Waals surface area contributed by atoms with Gasteiger partial charge in [-0.1, -0.05) is 20.3 Å². The Bertz CT molecular complexity index is 106. The maximum atomic E-state index is 8.91. The van der Waals surface area contributed by atoms with Gasteiger partial charge < -0.3 is 10.4 Å². The van der Waals surface area contributed by atoms with Gasteiger partial charge in [-0.05, 0) is 26.2 Å². The monoisotopic (exact) mass is 173 g/mol. The van der Waals surface area contributed by atoms with Crippen molar-refractivity contribution in [2.24, 2.45) is 5.92 Å². The Morgan fingerprint density at radius 2 is 1.83 bits per heavy atom. The minimum atomic E-state index is 0.271. The molecule has 0 spiro atoms. The van der Waals surface area contributed by atoms with Crippen LogP contribution in [0.15, 0.2) is 0 Å². The van der Waals surface area contributed by atoms with Gasteiger partial charge in [-0.15, -0.1) is 0 Å². The van der Waals surface area contributed by atoms with E-state index in [0.29, 0.717) is 18.0 Å². The average molecular weight is 173 g/mol. The quantitative estimate of drug-likeness (QED) is 0.641. The van der Waals surface area contributed by atoms with Gasteiger partial charge in [0.1, 0.15) is 0 Å². The fourth-order valence-corrected chi connectivity index (χ4v) is 1.29. The zero-order chi connectivity index (χ0) is 9.56. The highest BCUT2D eigenvalue weighted by Gasteiger charge is 2.12. The summed E-state index contributed by atoms with van der Waals surface area (Å²) in [5.74, 6) is 0.351. The molecular formula is C10H23NO. The molecule has 3 atom stereocenters. The van der Waals surface area contributed by atoms with E-state index >= 15 is 0 Å². The van der Waals surface area contributed by atoms with Crippen molar-refractivity contribution in [3.05, 3.63) is 0 Å². The zero-order valence-electron chi connectivity index (χ0n) is 8.80. The predicted octanol–water partition coefficient (Wildman–Crippen LogP) is 1.78. The van der Waals surface area contributed by atoms with Crippen molar-refractivity contribution in [1.82, 2.24) is 5.32 Å². The van der Waals surface area contributed by atoms with E-state index in [9.17, 15) is 0 Å². The van der Waals surface area contributed by atoms with Crippen molar-refractivity contribution in [2.45, 2.75) is 52.6 Å². The Balaban J connectivity index is 3.59. The number of hydrogen-bond acceptors (Lipinski definition) is 2. The van der Waals surface area contributed by atoms with E-state index in [-0.39, 0.29) is 6.61 Å². The van der Waals surface area contributed by atoms with E-state index in [2.05, 4.69) is 33.0 Å². The first-order valence-electron chi connectivity index (χ1n) is 4.98. The van der Waals surface area contributed by atoms with E-state index < -0.39 is 0 Å². The molecule has 0 rings (SSSR count). The van der Waals surface area contributed by atoms with Crippen LogP contribution >= 0.6 is 0 Å². The molecule has 0 saturated carbocycles. The molecule has 0 aliphatic heterocycles. The summed E-state index contributed by atoms with van der Waals surface area (Å²) < 4.78 is 0. The average Bonchev–Trinajstić information content (AvgIpc) is 2.03. The van der Waals surface area contributed by atoms with Crippen LogP contribution in [0.25, 0.3) is 0 Å². The van der Waals surface area contributed by atoms with Crippen molar-refractivity contribution in [2.75, 3.05) is 6.61 Å². The molecule has 0 aromatic carbocycles. The molecule has 2 nitrogen and oxygen atoms in total. The van der Waals surface area contributed by atoms with E-state index in [1.54, 1.807) is 0 Å². The zero-order valence-corrected chi connectivity index (χ0v) is 8.80. The molecule has 2 N–H and O–H groups in total. The second kappa shape index (κ2) is 6.44. The van der Waals surface area contributed by atoms with Crippen LogP contribution in [0.4, 0.5) is 0 Å². The fraction of sp³-hybridized carbons (Fsp3) is 1.00. The molecule has 0 bridgehead atoms. The Hall–Kier alpha value is -0.0800. The van der Waals surface area contributed by atoms with Crippen molar-refractivity contribution in [1.29, 1.82) is 0 Å². The Kier molecular flexibility index (Phi) is 6.39. The van der Waals surface area contributed by atoms with Crippen LogP contribution in [0.3, 0.4) is 0 Å². The standard InChI is InChI=1S/C10H23NO/c1-5-6-9(3)11-10(4)8(2)7-12/h8-12H,5-7H2,1-4H3. The van der Waals surface area contributed by atoms with Crippen LogP contribution in [0.1, 0.15) is 40.5 Å². The second-order valence-corrected chi connectivity index (χ2v) is 3.80. The van der Waals surface area contributed by atoms with Gasteiger partial charge in [0.15, 0.2) is 0 Å². The van der Waals surface area contributed by atoms with Crippen LogP contribution < -0.4 is 5.32 Å². The van der Waals surface area contributed by atoms with Crippen LogP contribution in [-0.2, 0) is 0 Å². The molecule has 3 unspecified atom stereocenters. The van der Waals surface area contributed by atoms with Gasteiger partial charge in [-0.2, -0.15) is 0 Å². The molecule has 0 amide bonds. The smallest absolute Gasteiger partial charge is 0.0471 e. The molecule has 0 radical (unpaired) electrons. The van der Waals surface area contributed by atoms with Crippen LogP contribution in [-0.4, -0.2) is 23.8 Å². The maximum absolute atomic E-state index is 8.91. The van der Waals surface area contributed by atoms with Gasteiger partial charge in [0.25, 0.3) is 0 Å². The first-order chi connectivity index (χ1) is 5.61. The molecule has 0 heterocycles. The lowest BCUT2D eigenvalue weighted by molar-refractivity contribution is 0.201. The molecule has 0 saturated heterocycles. The summed E-state index contributed by atoms with van der Waals surface area (Å²) in [5.41, 5.74) is 0. The number of aliphatic hydroxyl groups excluding tert-OH is 1. The van der Waals surface area contributed by atoms with E-state index in [4.69, 9.17) is 5.11 Å². The molecule has 0 fully saturated rings. The highest BCUT2D eigenvalue weighted by atomic mass is 16.3. The molecular weight excluding hydrogens is 150 g/mol. The Morgan fingerprint density at radius 3 is 2.25 bits per heavy atom. The molecule has 0 aliphatic carbocycles. The highest BCUT2D eigenvalue weighted by molar-refractivity contribution is 4.71. The summed E-state index contributed by atoms with van der Waals surface area (Å²) in [6.07, 6.45) is 2.43. The predicted molar refractivity (Wildman–Crippen MR) is 53.2 cm³/mol. The third kappa shape index (κ3) is 4.73. The minimum absolute atomic E-state index is 0.271. The lowest BCUT2D eigenvalue weighted by Crippen LogP contribution is -2.39. The van der Waals surface area contributed by atoms with Gasteiger partial charge in [-0.25, -0.2) is 0 Å². The summed E-state index contributed by atoms with van der Waals surface area (Å²) in [7, 11) is 0. The topological polar surface area (TPSA) is 32.3 Å². The number of aliphatic hydroxyl groups is 1. The summed E-state index contributed by atoms with van der Waals surface area (Å²) in [4.78, 5) is 0. The first kappa shape index (κ1) is 11.9. The number of hydrogen-bond donors (Lipinski definition) is 2. The van der Waals surface area contributed by atoms with Crippen LogP contribution in [0, 0.1) is 5.92 Å². The largest absolute Gasteiger partial charge is 0.396 e. The summed E-state index contributed by atoms with van der Waals surface area (Å²) in [6.45, 7) is 8.86. The van der Waals surface area contributed by atoms with E-state index in [0.717, 1.165) is 0 Å². The van der Waals surface area contributed by atoms with Crippen molar-refractivity contribution >= 4 is 0 Å². The maximum Gasteiger partial charge on any atom is 0.0471 e. The Morgan fingerprint density at radius 1 is 1.25 bits per heavy atom. The minimum Gasteiger partial charge on any atom is -0.396 e. The lowest BCUT2D eigenvalue weighted by Gasteiger charge is -2.23. The van der Waals surface area contributed by atoms with Gasteiger partial charge in [-0.3, -0.25) is 0 Å². The van der Waals surface area contributed by atoms with Crippen molar-refractivity contribution < 1.29 is 5.11 Å². The number of nitrogens with one attached hydrogen (secondary N) is 1. The first-order valence-corrected chi connectivity index (χ1v) is 4.98. The van der Waals surface area contributed by atoms with Crippen LogP contribution in [0.2, 0.25) is 0 Å². The highest BCUT2D eigenvalue weighted by Crippen LogP contribution is 2.04. The fourth-order valence-electron chi connectivity index (χ4n) is 1.29. The third-order valence-corrected chi connectivity index (χ3v) is 2.41. The summed E-state index contributed by atoms with van der Waals surface area (Å²) in [6, 6.07) is 0.982. The van der Waals surface area contributed by atoms with Crippen molar-refractivity contribution in [3.63, 3.8) is 0 Å². The van der Waals surface area contributed by atoms with Gasteiger partial charge in [0.2, 0.25) is 0 Å². The third-order valence-electron chi connectivity index (χ3n) is 2.41. The summed E-state index contributed by atoms with van der Waals surface area (Å²) >= 11 is 0. The molecule has 12 heavy (non-hydrogen) atoms. The SMILES string of the molecule is CCCC(C)NC(C)C(C)CO. The molecule has 0 aliphatic rings. The van der Waals surface area contributed by atoms with Gasteiger partial charge in [0.05, 0.1) is 0 Å². The molecule has 74 valence electrons. The summed E-state index contributed by atoms with van der Waals surface area (Å²) in [5, 5.41) is 12.4.